The monoisotopic (exact) mass is 691 g/mol. The van der Waals surface area contributed by atoms with Gasteiger partial charge in [-0.2, -0.15) is 0 Å². The van der Waals surface area contributed by atoms with Crippen LogP contribution < -0.4 is 4.74 Å². The van der Waals surface area contributed by atoms with Gasteiger partial charge >= 0.3 is 0 Å². The summed E-state index contributed by atoms with van der Waals surface area (Å²) in [7, 11) is 0. The van der Waals surface area contributed by atoms with Crippen LogP contribution in [0.3, 0.4) is 0 Å². The van der Waals surface area contributed by atoms with E-state index in [0.29, 0.717) is 41.8 Å². The Morgan fingerprint density at radius 3 is 1.60 bits per heavy atom. The lowest BCUT2D eigenvalue weighted by molar-refractivity contribution is -0.132. The molecular formula is C45H45N3O4. The van der Waals surface area contributed by atoms with E-state index in [1.165, 1.54) is 6.07 Å². The molecule has 0 fully saturated rings. The van der Waals surface area contributed by atoms with Gasteiger partial charge in [-0.3, -0.25) is 4.79 Å². The second kappa shape index (κ2) is 16.6. The first kappa shape index (κ1) is 36.1. The summed E-state index contributed by atoms with van der Waals surface area (Å²) in [6, 6.07) is 41.6. The number of phenols is 1. The molecule has 1 N–H and O–H groups in total. The van der Waals surface area contributed by atoms with Crippen LogP contribution in [0.15, 0.2) is 127 Å². The fourth-order valence-electron chi connectivity index (χ4n) is 5.94. The Labute approximate surface area is 306 Å². The molecule has 0 radical (unpaired) electrons. The fourth-order valence-corrected chi connectivity index (χ4v) is 5.94. The molecule has 0 aliphatic rings. The maximum atomic E-state index is 13.1. The lowest BCUT2D eigenvalue weighted by Gasteiger charge is -2.25. The number of Topliss-reactive ketones (excluding diaryl/α,β-unsaturated/α-hetero) is 1. The molecule has 0 bridgehead atoms. The SMILES string of the molecule is CC(C)OCCCCCC(=O)C(C)(C)Oc1ccc(-c2nc(-c3ccc(-c4ccccc4)cc3)nc(-c3ccc(-c4ccccc4)cc3)n2)c(O)c1. The smallest absolute Gasteiger partial charge is 0.175 e. The van der Waals surface area contributed by atoms with Gasteiger partial charge in [-0.05, 0) is 74.9 Å². The topological polar surface area (TPSA) is 94.4 Å². The number of unbranched alkanes of at least 4 members (excludes halogenated alkanes) is 2. The molecule has 0 aliphatic heterocycles. The van der Waals surface area contributed by atoms with E-state index in [0.717, 1.165) is 52.6 Å². The summed E-state index contributed by atoms with van der Waals surface area (Å²) >= 11 is 0. The van der Waals surface area contributed by atoms with Gasteiger partial charge in [0.25, 0.3) is 0 Å². The second-order valence-corrected chi connectivity index (χ2v) is 13.6. The van der Waals surface area contributed by atoms with Crippen LogP contribution in [0, 0.1) is 0 Å². The number of carbonyl (C=O) groups is 1. The number of aromatic hydroxyl groups is 1. The van der Waals surface area contributed by atoms with Gasteiger partial charge in [0, 0.05) is 30.2 Å². The van der Waals surface area contributed by atoms with Gasteiger partial charge in [-0.25, -0.2) is 15.0 Å². The van der Waals surface area contributed by atoms with E-state index in [9.17, 15) is 9.90 Å². The normalized spacial score (nSPS) is 11.5. The number of carbonyl (C=O) groups excluding carboxylic acids is 1. The molecule has 0 unspecified atom stereocenters. The predicted molar refractivity (Wildman–Crippen MR) is 208 cm³/mol. The number of rotatable bonds is 15. The molecule has 1 aromatic heterocycles. The van der Waals surface area contributed by atoms with Crippen molar-refractivity contribution in [1.29, 1.82) is 0 Å². The third-order valence-corrected chi connectivity index (χ3v) is 8.89. The van der Waals surface area contributed by atoms with E-state index in [1.54, 1.807) is 26.0 Å². The first-order valence-corrected chi connectivity index (χ1v) is 17.9. The summed E-state index contributed by atoms with van der Waals surface area (Å²) < 4.78 is 11.7. The highest BCUT2D eigenvalue weighted by Crippen LogP contribution is 2.35. The van der Waals surface area contributed by atoms with Crippen molar-refractivity contribution >= 4 is 5.78 Å². The lowest BCUT2D eigenvalue weighted by Crippen LogP contribution is -2.38. The zero-order chi connectivity index (χ0) is 36.5. The number of nitrogens with zero attached hydrogens (tertiary/aromatic N) is 3. The third-order valence-electron chi connectivity index (χ3n) is 8.89. The molecule has 0 amide bonds. The quantitative estimate of drug-likeness (QED) is 0.107. The molecule has 0 atom stereocenters. The second-order valence-electron chi connectivity index (χ2n) is 13.6. The van der Waals surface area contributed by atoms with Gasteiger partial charge in [-0.15, -0.1) is 0 Å². The fraction of sp³-hybridized carbons (Fsp3) is 0.244. The number of benzene rings is 5. The summed E-state index contributed by atoms with van der Waals surface area (Å²) in [6.07, 6.45) is 3.22. The van der Waals surface area contributed by atoms with Gasteiger partial charge in [0.2, 0.25) is 0 Å². The van der Waals surface area contributed by atoms with E-state index in [-0.39, 0.29) is 17.6 Å². The zero-order valence-corrected chi connectivity index (χ0v) is 30.3. The molecule has 0 aliphatic carbocycles. The summed E-state index contributed by atoms with van der Waals surface area (Å²) in [5.74, 6) is 1.60. The van der Waals surface area contributed by atoms with Gasteiger partial charge in [0.15, 0.2) is 28.9 Å². The minimum absolute atomic E-state index is 0.00385. The molecule has 52 heavy (non-hydrogen) atoms. The van der Waals surface area contributed by atoms with Crippen LogP contribution >= 0.6 is 0 Å². The van der Waals surface area contributed by atoms with Crippen LogP contribution in [0.1, 0.15) is 53.4 Å². The van der Waals surface area contributed by atoms with E-state index in [2.05, 4.69) is 48.5 Å². The number of hydrogen-bond acceptors (Lipinski definition) is 7. The maximum absolute atomic E-state index is 13.1. The minimum Gasteiger partial charge on any atom is -0.507 e. The van der Waals surface area contributed by atoms with E-state index < -0.39 is 5.60 Å². The molecule has 7 heteroatoms. The Hall–Kier alpha value is -5.66. The van der Waals surface area contributed by atoms with Gasteiger partial charge in [-0.1, -0.05) is 116 Å². The molecular weight excluding hydrogens is 647 g/mol. The van der Waals surface area contributed by atoms with Crippen LogP contribution in [0.5, 0.6) is 11.5 Å². The number of ether oxygens (including phenoxy) is 2. The Kier molecular flexibility index (Phi) is 11.5. The molecule has 1 heterocycles. The first-order chi connectivity index (χ1) is 25.2. The summed E-state index contributed by atoms with van der Waals surface area (Å²) in [6.45, 7) is 8.26. The van der Waals surface area contributed by atoms with Crippen molar-refractivity contribution < 1.29 is 19.4 Å². The van der Waals surface area contributed by atoms with E-state index in [1.807, 2.05) is 74.5 Å². The van der Waals surface area contributed by atoms with Crippen molar-refractivity contribution in [2.45, 2.75) is 65.1 Å². The molecule has 0 saturated heterocycles. The van der Waals surface area contributed by atoms with E-state index >= 15 is 0 Å². The molecule has 7 nitrogen and oxygen atoms in total. The Bertz CT molecular complexity index is 1980. The van der Waals surface area contributed by atoms with Crippen LogP contribution in [0.25, 0.3) is 56.4 Å². The van der Waals surface area contributed by atoms with Crippen LogP contribution in [-0.4, -0.2) is 44.2 Å². The molecule has 264 valence electrons. The van der Waals surface area contributed by atoms with Crippen LogP contribution in [0.2, 0.25) is 0 Å². The Balaban J connectivity index is 1.26. The van der Waals surface area contributed by atoms with Crippen LogP contribution in [0.4, 0.5) is 0 Å². The van der Waals surface area contributed by atoms with Gasteiger partial charge in [0.05, 0.1) is 11.7 Å². The molecule has 6 aromatic rings. The van der Waals surface area contributed by atoms with Crippen LogP contribution in [-0.2, 0) is 9.53 Å². The average Bonchev–Trinajstić information content (AvgIpc) is 3.16. The number of ketones is 1. The third kappa shape index (κ3) is 9.16. The maximum Gasteiger partial charge on any atom is 0.175 e. The highest BCUT2D eigenvalue weighted by molar-refractivity contribution is 5.87. The van der Waals surface area contributed by atoms with Crippen molar-refractivity contribution in [2.75, 3.05) is 6.61 Å². The molecule has 0 saturated carbocycles. The standard InChI is InChI=1S/C45H45N3O4/c1-31(2)51-29-13-7-12-18-41(50)45(3,4)52-38-27-28-39(40(49)30-38)44-47-42(36-23-19-34(20-24-36)32-14-8-5-9-15-32)46-43(48-44)37-25-21-35(22-26-37)33-16-10-6-11-17-33/h5-6,8-11,14-17,19-28,30-31,49H,7,12-13,18,29H2,1-4H3. The van der Waals surface area contributed by atoms with Crippen molar-refractivity contribution in [3.63, 3.8) is 0 Å². The number of hydrogen-bond donors (Lipinski definition) is 1. The van der Waals surface area contributed by atoms with Crippen molar-refractivity contribution in [2.24, 2.45) is 0 Å². The predicted octanol–water partition coefficient (Wildman–Crippen LogP) is 10.6. The Morgan fingerprint density at radius 2 is 1.10 bits per heavy atom. The zero-order valence-electron chi connectivity index (χ0n) is 30.3. The van der Waals surface area contributed by atoms with Crippen molar-refractivity contribution in [3.05, 3.63) is 127 Å². The largest absolute Gasteiger partial charge is 0.507 e. The lowest BCUT2D eigenvalue weighted by atomic mass is 9.98. The summed E-state index contributed by atoms with van der Waals surface area (Å²) in [5, 5.41) is 11.3. The molecule has 0 spiro atoms. The summed E-state index contributed by atoms with van der Waals surface area (Å²) in [5.41, 5.74) is 5.40. The average molecular weight is 692 g/mol. The van der Waals surface area contributed by atoms with Gasteiger partial charge in [0.1, 0.15) is 11.5 Å². The molecule has 5 aromatic carbocycles. The first-order valence-electron chi connectivity index (χ1n) is 17.9. The number of phenolic OH excluding ortho intramolecular Hbond substituents is 1. The van der Waals surface area contributed by atoms with Crippen molar-refractivity contribution in [1.82, 2.24) is 15.0 Å². The molecule has 6 rings (SSSR count). The van der Waals surface area contributed by atoms with Gasteiger partial charge < -0.3 is 14.6 Å². The number of aromatic nitrogens is 3. The van der Waals surface area contributed by atoms with Crippen molar-refractivity contribution in [3.8, 4) is 67.9 Å². The highest BCUT2D eigenvalue weighted by atomic mass is 16.5. The summed E-state index contributed by atoms with van der Waals surface area (Å²) in [4.78, 5) is 27.7. The minimum atomic E-state index is -1.06. The Morgan fingerprint density at radius 1 is 0.615 bits per heavy atom. The highest BCUT2D eigenvalue weighted by Gasteiger charge is 2.29. The van der Waals surface area contributed by atoms with E-state index in [4.69, 9.17) is 24.4 Å².